The highest BCUT2D eigenvalue weighted by Crippen LogP contribution is 2.11. The van der Waals surface area contributed by atoms with Crippen LogP contribution in [0, 0.1) is 0 Å². The van der Waals surface area contributed by atoms with Crippen molar-refractivity contribution >= 4 is 23.3 Å². The summed E-state index contributed by atoms with van der Waals surface area (Å²) in [5, 5.41) is 2.00. The largest absolute Gasteiger partial charge is 0.327 e. The third-order valence-electron chi connectivity index (χ3n) is 1.12. The van der Waals surface area contributed by atoms with Gasteiger partial charge in [0.15, 0.2) is 0 Å². The van der Waals surface area contributed by atoms with Gasteiger partial charge in [0.2, 0.25) is 0 Å². The molecule has 0 saturated carbocycles. The maximum absolute atomic E-state index is 5.59. The number of hydrogen-bond acceptors (Lipinski definition) is 4. The van der Waals surface area contributed by atoms with Crippen LogP contribution >= 0.6 is 23.3 Å². The predicted octanol–water partition coefficient (Wildman–Crippen LogP) is 1.72. The molecule has 11 heavy (non-hydrogen) atoms. The smallest absolute Gasteiger partial charge is 0.0641 e. The van der Waals surface area contributed by atoms with Gasteiger partial charge in [0, 0.05) is 22.9 Å². The molecule has 1 atom stereocenters. The Kier molecular flexibility index (Phi) is 3.90. The lowest BCUT2D eigenvalue weighted by Gasteiger charge is -2.01. The van der Waals surface area contributed by atoms with Gasteiger partial charge in [-0.25, -0.2) is 0 Å². The minimum atomic E-state index is 0.290. The van der Waals surface area contributed by atoms with Gasteiger partial charge in [-0.2, -0.15) is 16.1 Å². The first-order valence-corrected chi connectivity index (χ1v) is 5.50. The molecule has 1 aromatic rings. The number of rotatable bonds is 4. The van der Waals surface area contributed by atoms with E-state index in [1.807, 2.05) is 24.1 Å². The molecule has 0 saturated heterocycles. The Labute approximate surface area is 75.4 Å². The van der Waals surface area contributed by atoms with E-state index in [1.165, 1.54) is 17.2 Å². The van der Waals surface area contributed by atoms with E-state index < -0.39 is 0 Å². The number of nitrogens with zero attached hydrogens (tertiary/aromatic N) is 1. The molecule has 2 N–H and O–H groups in total. The average Bonchev–Trinajstić information content (AvgIpc) is 2.39. The van der Waals surface area contributed by atoms with Crippen molar-refractivity contribution in [2.24, 2.45) is 5.73 Å². The van der Waals surface area contributed by atoms with E-state index in [0.717, 1.165) is 11.5 Å². The highest BCUT2D eigenvalue weighted by atomic mass is 32.2. The first kappa shape index (κ1) is 9.03. The van der Waals surface area contributed by atoms with Crippen LogP contribution in [0.25, 0.3) is 0 Å². The monoisotopic (exact) mass is 188 g/mol. The molecule has 0 aromatic carbocycles. The molecule has 4 heteroatoms. The van der Waals surface area contributed by atoms with Crippen molar-refractivity contribution in [3.63, 3.8) is 0 Å². The highest BCUT2D eigenvalue weighted by molar-refractivity contribution is 7.98. The maximum Gasteiger partial charge on any atom is 0.0641 e. The zero-order valence-electron chi connectivity index (χ0n) is 6.49. The van der Waals surface area contributed by atoms with Crippen molar-refractivity contribution in [3.8, 4) is 0 Å². The van der Waals surface area contributed by atoms with Gasteiger partial charge < -0.3 is 5.73 Å². The van der Waals surface area contributed by atoms with Gasteiger partial charge in [-0.05, 0) is 24.5 Å². The van der Waals surface area contributed by atoms with Crippen LogP contribution in [-0.4, -0.2) is 16.2 Å². The van der Waals surface area contributed by atoms with Crippen LogP contribution in [0.1, 0.15) is 12.6 Å². The third-order valence-corrected chi connectivity index (χ3v) is 2.98. The standard InChI is InChI=1S/C7H12N2S2/c1-6(8)4-10-5-7-2-3-11-9-7/h2-3,6H,4-5,8H2,1H3. The van der Waals surface area contributed by atoms with Crippen LogP contribution in [0.15, 0.2) is 11.4 Å². The van der Waals surface area contributed by atoms with Gasteiger partial charge in [-0.15, -0.1) is 0 Å². The van der Waals surface area contributed by atoms with Crippen LogP contribution < -0.4 is 5.73 Å². The minimum absolute atomic E-state index is 0.290. The molecule has 0 aliphatic rings. The molecule has 2 nitrogen and oxygen atoms in total. The second kappa shape index (κ2) is 4.74. The van der Waals surface area contributed by atoms with Gasteiger partial charge in [0.1, 0.15) is 0 Å². The molecule has 1 heterocycles. The quantitative estimate of drug-likeness (QED) is 0.782. The Hall–Kier alpha value is -0.0600. The molecule has 1 rings (SSSR count). The summed E-state index contributed by atoms with van der Waals surface area (Å²) < 4.78 is 4.19. The molecule has 1 aromatic heterocycles. The Morgan fingerprint density at radius 2 is 2.64 bits per heavy atom. The normalized spacial score (nSPS) is 13.3. The van der Waals surface area contributed by atoms with Crippen LogP contribution in [0.5, 0.6) is 0 Å². The maximum atomic E-state index is 5.59. The molecule has 0 amide bonds. The summed E-state index contributed by atoms with van der Waals surface area (Å²) in [6.45, 7) is 2.02. The van der Waals surface area contributed by atoms with Gasteiger partial charge >= 0.3 is 0 Å². The molecule has 0 fully saturated rings. The fourth-order valence-corrected chi connectivity index (χ4v) is 2.14. The van der Waals surface area contributed by atoms with Gasteiger partial charge in [-0.1, -0.05) is 0 Å². The van der Waals surface area contributed by atoms with E-state index in [0.29, 0.717) is 6.04 Å². The summed E-state index contributed by atoms with van der Waals surface area (Å²) in [7, 11) is 0. The number of thioether (sulfide) groups is 1. The summed E-state index contributed by atoms with van der Waals surface area (Å²) >= 11 is 3.34. The summed E-state index contributed by atoms with van der Waals surface area (Å²) in [4.78, 5) is 0. The molecule has 62 valence electrons. The summed E-state index contributed by atoms with van der Waals surface area (Å²) in [6.07, 6.45) is 0. The van der Waals surface area contributed by atoms with Gasteiger partial charge in [-0.3, -0.25) is 0 Å². The predicted molar refractivity (Wildman–Crippen MR) is 51.9 cm³/mol. The minimum Gasteiger partial charge on any atom is -0.327 e. The molecule has 1 unspecified atom stereocenters. The lowest BCUT2D eigenvalue weighted by atomic mass is 10.4. The Balaban J connectivity index is 2.14. The summed E-state index contributed by atoms with van der Waals surface area (Å²) in [6, 6.07) is 2.34. The molecule has 0 bridgehead atoms. The second-order valence-electron chi connectivity index (χ2n) is 2.48. The zero-order valence-corrected chi connectivity index (χ0v) is 8.12. The molecular weight excluding hydrogens is 176 g/mol. The SMILES string of the molecule is CC(N)CSCc1ccsn1. The van der Waals surface area contributed by atoms with E-state index >= 15 is 0 Å². The Bertz CT molecular complexity index is 184. The van der Waals surface area contributed by atoms with Gasteiger partial charge in [0.05, 0.1) is 5.69 Å². The molecule has 0 spiro atoms. The fourth-order valence-electron chi connectivity index (χ4n) is 0.661. The summed E-state index contributed by atoms with van der Waals surface area (Å²) in [5.41, 5.74) is 6.76. The van der Waals surface area contributed by atoms with Crippen molar-refractivity contribution < 1.29 is 0 Å². The number of hydrogen-bond donors (Lipinski definition) is 1. The molecular formula is C7H12N2S2. The average molecular weight is 188 g/mol. The van der Waals surface area contributed by atoms with E-state index in [4.69, 9.17) is 5.73 Å². The van der Waals surface area contributed by atoms with Crippen molar-refractivity contribution in [1.29, 1.82) is 0 Å². The van der Waals surface area contributed by atoms with Crippen molar-refractivity contribution in [1.82, 2.24) is 4.37 Å². The van der Waals surface area contributed by atoms with Crippen LogP contribution in [0.3, 0.4) is 0 Å². The molecule has 0 aliphatic heterocycles. The van der Waals surface area contributed by atoms with Crippen molar-refractivity contribution in [3.05, 3.63) is 17.1 Å². The fraction of sp³-hybridized carbons (Fsp3) is 0.571. The van der Waals surface area contributed by atoms with Gasteiger partial charge in [0.25, 0.3) is 0 Å². The Morgan fingerprint density at radius 1 is 1.82 bits per heavy atom. The number of aromatic nitrogens is 1. The Morgan fingerprint density at radius 3 is 3.18 bits per heavy atom. The highest BCUT2D eigenvalue weighted by Gasteiger charge is 1.97. The van der Waals surface area contributed by atoms with E-state index in [1.54, 1.807) is 0 Å². The summed E-state index contributed by atoms with van der Waals surface area (Å²) in [5.74, 6) is 2.00. The van der Waals surface area contributed by atoms with E-state index in [9.17, 15) is 0 Å². The molecule has 0 aliphatic carbocycles. The second-order valence-corrected chi connectivity index (χ2v) is 4.18. The first-order valence-electron chi connectivity index (χ1n) is 3.51. The molecule has 0 radical (unpaired) electrons. The van der Waals surface area contributed by atoms with Crippen LogP contribution in [-0.2, 0) is 5.75 Å². The topological polar surface area (TPSA) is 38.9 Å². The first-order chi connectivity index (χ1) is 5.29. The van der Waals surface area contributed by atoms with Crippen molar-refractivity contribution in [2.45, 2.75) is 18.7 Å². The van der Waals surface area contributed by atoms with Crippen molar-refractivity contribution in [2.75, 3.05) is 5.75 Å². The lowest BCUT2D eigenvalue weighted by Crippen LogP contribution is -2.17. The van der Waals surface area contributed by atoms with E-state index in [2.05, 4.69) is 10.4 Å². The number of nitrogens with two attached hydrogens (primary N) is 1. The zero-order chi connectivity index (χ0) is 8.10. The van der Waals surface area contributed by atoms with Crippen LogP contribution in [0.2, 0.25) is 0 Å². The van der Waals surface area contributed by atoms with E-state index in [-0.39, 0.29) is 0 Å². The lowest BCUT2D eigenvalue weighted by molar-refractivity contribution is 0.847. The van der Waals surface area contributed by atoms with Crippen LogP contribution in [0.4, 0.5) is 0 Å². The third kappa shape index (κ3) is 3.74.